The van der Waals surface area contributed by atoms with Crippen molar-refractivity contribution in [1.29, 1.82) is 0 Å². The Bertz CT molecular complexity index is 258. The van der Waals surface area contributed by atoms with Gasteiger partial charge in [0, 0.05) is 13.2 Å². The van der Waals surface area contributed by atoms with E-state index >= 15 is 0 Å². The zero-order valence-electron chi connectivity index (χ0n) is 7.83. The number of nitrogens with two attached hydrogens (primary N) is 1. The summed E-state index contributed by atoms with van der Waals surface area (Å²) in [5.41, 5.74) is 6.60. The number of rotatable bonds is 3. The summed E-state index contributed by atoms with van der Waals surface area (Å²) in [6.07, 6.45) is -0.166. The average Bonchev–Trinajstić information content (AvgIpc) is 2.09. The van der Waals surface area contributed by atoms with Crippen LogP contribution in [0.1, 0.15) is 18.6 Å². The molecule has 1 rings (SSSR count). The number of halogens is 1. The van der Waals surface area contributed by atoms with Gasteiger partial charge in [-0.1, -0.05) is 12.1 Å². The zero-order chi connectivity index (χ0) is 9.84. The van der Waals surface area contributed by atoms with E-state index in [2.05, 4.69) is 0 Å². The standard InChI is InChI=1S/C10H14FNO/c1-7(12)10(13-2)8-3-5-9(11)6-4-8/h3-7,10H,12H2,1-2H3/t7-,10-/m1/s1. The van der Waals surface area contributed by atoms with Crippen molar-refractivity contribution in [3.63, 3.8) is 0 Å². The lowest BCUT2D eigenvalue weighted by Crippen LogP contribution is -2.26. The van der Waals surface area contributed by atoms with Gasteiger partial charge in [-0.3, -0.25) is 0 Å². The normalized spacial score (nSPS) is 15.4. The van der Waals surface area contributed by atoms with Crippen LogP contribution in [0.3, 0.4) is 0 Å². The Labute approximate surface area is 77.5 Å². The molecule has 13 heavy (non-hydrogen) atoms. The van der Waals surface area contributed by atoms with Gasteiger partial charge < -0.3 is 10.5 Å². The monoisotopic (exact) mass is 183 g/mol. The number of hydrogen-bond acceptors (Lipinski definition) is 2. The molecule has 0 bridgehead atoms. The summed E-state index contributed by atoms with van der Waals surface area (Å²) in [5, 5.41) is 0. The number of methoxy groups -OCH3 is 1. The fourth-order valence-corrected chi connectivity index (χ4v) is 1.31. The number of ether oxygens (including phenoxy) is 1. The van der Waals surface area contributed by atoms with Crippen LogP contribution in [0, 0.1) is 5.82 Å². The van der Waals surface area contributed by atoms with Gasteiger partial charge in [0.05, 0.1) is 6.10 Å². The first-order valence-corrected chi connectivity index (χ1v) is 4.19. The van der Waals surface area contributed by atoms with E-state index in [0.717, 1.165) is 5.56 Å². The van der Waals surface area contributed by atoms with Crippen LogP contribution in [0.25, 0.3) is 0 Å². The van der Waals surface area contributed by atoms with Crippen LogP contribution < -0.4 is 5.73 Å². The van der Waals surface area contributed by atoms with Crippen LogP contribution in [0.2, 0.25) is 0 Å². The van der Waals surface area contributed by atoms with Crippen LogP contribution in [-0.2, 0) is 4.74 Å². The van der Waals surface area contributed by atoms with E-state index in [0.29, 0.717) is 0 Å². The predicted molar refractivity (Wildman–Crippen MR) is 49.8 cm³/mol. The Morgan fingerprint density at radius 2 is 1.85 bits per heavy atom. The topological polar surface area (TPSA) is 35.2 Å². The second kappa shape index (κ2) is 4.35. The molecule has 0 aromatic heterocycles. The van der Waals surface area contributed by atoms with Crippen molar-refractivity contribution >= 4 is 0 Å². The van der Waals surface area contributed by atoms with Crippen LogP contribution in [0.5, 0.6) is 0 Å². The molecule has 2 N–H and O–H groups in total. The second-order valence-electron chi connectivity index (χ2n) is 3.07. The third kappa shape index (κ3) is 2.50. The van der Waals surface area contributed by atoms with Gasteiger partial charge >= 0.3 is 0 Å². The molecule has 0 heterocycles. The lowest BCUT2D eigenvalue weighted by atomic mass is 10.0. The molecule has 0 aliphatic carbocycles. The summed E-state index contributed by atoms with van der Waals surface area (Å²) >= 11 is 0. The molecule has 2 atom stereocenters. The van der Waals surface area contributed by atoms with Crippen LogP contribution in [0.15, 0.2) is 24.3 Å². The first-order chi connectivity index (χ1) is 6.15. The first kappa shape index (κ1) is 10.2. The molecule has 0 amide bonds. The maximum absolute atomic E-state index is 12.6. The van der Waals surface area contributed by atoms with Gasteiger partial charge in [0.1, 0.15) is 5.82 Å². The van der Waals surface area contributed by atoms with Gasteiger partial charge in [0.15, 0.2) is 0 Å². The van der Waals surface area contributed by atoms with E-state index < -0.39 is 0 Å². The van der Waals surface area contributed by atoms with Crippen molar-refractivity contribution in [2.75, 3.05) is 7.11 Å². The maximum atomic E-state index is 12.6. The summed E-state index contributed by atoms with van der Waals surface area (Å²) in [7, 11) is 1.59. The smallest absolute Gasteiger partial charge is 0.123 e. The SMILES string of the molecule is CO[C@@H](c1ccc(F)cc1)[C@@H](C)N. The van der Waals surface area contributed by atoms with E-state index in [4.69, 9.17) is 10.5 Å². The predicted octanol–water partition coefficient (Wildman–Crippen LogP) is 1.86. The third-order valence-electron chi connectivity index (χ3n) is 1.93. The van der Waals surface area contributed by atoms with Crippen molar-refractivity contribution in [3.8, 4) is 0 Å². The number of benzene rings is 1. The largest absolute Gasteiger partial charge is 0.375 e. The van der Waals surface area contributed by atoms with Crippen molar-refractivity contribution in [3.05, 3.63) is 35.6 Å². The molecule has 0 aliphatic rings. The minimum atomic E-state index is -0.247. The molecule has 0 saturated heterocycles. The van der Waals surface area contributed by atoms with E-state index in [9.17, 15) is 4.39 Å². The zero-order valence-corrected chi connectivity index (χ0v) is 7.83. The Balaban J connectivity index is 2.86. The maximum Gasteiger partial charge on any atom is 0.123 e. The highest BCUT2D eigenvalue weighted by atomic mass is 19.1. The Morgan fingerprint density at radius 3 is 2.23 bits per heavy atom. The van der Waals surface area contributed by atoms with Gasteiger partial charge in [0.2, 0.25) is 0 Å². The average molecular weight is 183 g/mol. The van der Waals surface area contributed by atoms with Crippen molar-refractivity contribution < 1.29 is 9.13 Å². The van der Waals surface area contributed by atoms with Gasteiger partial charge in [-0.15, -0.1) is 0 Å². The Kier molecular flexibility index (Phi) is 3.39. The van der Waals surface area contributed by atoms with E-state index in [-0.39, 0.29) is 18.0 Å². The molecular weight excluding hydrogens is 169 g/mol. The van der Waals surface area contributed by atoms with Crippen molar-refractivity contribution in [2.45, 2.75) is 19.1 Å². The lowest BCUT2D eigenvalue weighted by molar-refractivity contribution is 0.0853. The fraction of sp³-hybridized carbons (Fsp3) is 0.400. The summed E-state index contributed by atoms with van der Waals surface area (Å²) in [6.45, 7) is 1.86. The number of hydrogen-bond donors (Lipinski definition) is 1. The molecule has 1 aromatic carbocycles. The summed E-state index contributed by atoms with van der Waals surface area (Å²) in [6, 6.07) is 6.09. The Hall–Kier alpha value is -0.930. The van der Waals surface area contributed by atoms with E-state index in [1.165, 1.54) is 12.1 Å². The van der Waals surface area contributed by atoms with Gasteiger partial charge in [-0.05, 0) is 24.6 Å². The van der Waals surface area contributed by atoms with Crippen molar-refractivity contribution in [1.82, 2.24) is 0 Å². The van der Waals surface area contributed by atoms with Gasteiger partial charge in [0.25, 0.3) is 0 Å². The quantitative estimate of drug-likeness (QED) is 0.776. The summed E-state index contributed by atoms with van der Waals surface area (Å²) in [5.74, 6) is -0.247. The van der Waals surface area contributed by atoms with Crippen LogP contribution in [-0.4, -0.2) is 13.2 Å². The molecule has 0 radical (unpaired) electrons. The Morgan fingerprint density at radius 1 is 1.31 bits per heavy atom. The minimum absolute atomic E-state index is 0.101. The van der Waals surface area contributed by atoms with Crippen LogP contribution >= 0.6 is 0 Å². The molecule has 0 aliphatic heterocycles. The highest BCUT2D eigenvalue weighted by Crippen LogP contribution is 2.19. The molecule has 3 heteroatoms. The molecule has 2 nitrogen and oxygen atoms in total. The first-order valence-electron chi connectivity index (χ1n) is 4.19. The summed E-state index contributed by atoms with van der Waals surface area (Å²) < 4.78 is 17.8. The molecule has 0 spiro atoms. The molecule has 0 fully saturated rings. The molecule has 72 valence electrons. The highest BCUT2D eigenvalue weighted by Gasteiger charge is 2.14. The van der Waals surface area contributed by atoms with Gasteiger partial charge in [-0.2, -0.15) is 0 Å². The van der Waals surface area contributed by atoms with Crippen molar-refractivity contribution in [2.24, 2.45) is 5.73 Å². The third-order valence-corrected chi connectivity index (χ3v) is 1.93. The molecular formula is C10H14FNO. The second-order valence-corrected chi connectivity index (χ2v) is 3.07. The lowest BCUT2D eigenvalue weighted by Gasteiger charge is -2.19. The van der Waals surface area contributed by atoms with E-state index in [1.54, 1.807) is 19.2 Å². The molecule has 1 aromatic rings. The highest BCUT2D eigenvalue weighted by molar-refractivity contribution is 5.19. The molecule has 0 unspecified atom stereocenters. The molecule has 0 saturated carbocycles. The van der Waals surface area contributed by atoms with E-state index in [1.807, 2.05) is 6.92 Å². The summed E-state index contributed by atoms with van der Waals surface area (Å²) in [4.78, 5) is 0. The fourth-order valence-electron chi connectivity index (χ4n) is 1.31. The minimum Gasteiger partial charge on any atom is -0.375 e. The van der Waals surface area contributed by atoms with Gasteiger partial charge in [-0.25, -0.2) is 4.39 Å². The van der Waals surface area contributed by atoms with Crippen LogP contribution in [0.4, 0.5) is 4.39 Å².